The average Bonchev–Trinajstić information content (AvgIpc) is 3.12. The number of amides is 1. The van der Waals surface area contributed by atoms with Crippen molar-refractivity contribution in [1.29, 1.82) is 0 Å². The lowest BCUT2D eigenvalue weighted by molar-refractivity contribution is -0.115. The van der Waals surface area contributed by atoms with Gasteiger partial charge in [0.15, 0.2) is 0 Å². The molecule has 1 saturated heterocycles. The van der Waals surface area contributed by atoms with Gasteiger partial charge in [0.2, 0.25) is 5.91 Å². The number of rotatable bonds is 5. The van der Waals surface area contributed by atoms with E-state index in [1.54, 1.807) is 48.2 Å². The first-order valence-electron chi connectivity index (χ1n) is 9.64. The summed E-state index contributed by atoms with van der Waals surface area (Å²) in [6.45, 7) is 4.08. The van der Waals surface area contributed by atoms with Crippen LogP contribution in [0.4, 0.5) is 11.4 Å². The van der Waals surface area contributed by atoms with Gasteiger partial charge in [-0.15, -0.1) is 11.8 Å². The van der Waals surface area contributed by atoms with Gasteiger partial charge in [-0.3, -0.25) is 14.4 Å². The van der Waals surface area contributed by atoms with Crippen molar-refractivity contribution in [2.75, 3.05) is 15.4 Å². The van der Waals surface area contributed by atoms with Crippen LogP contribution in [-0.4, -0.2) is 20.1 Å². The Labute approximate surface area is 195 Å². The number of hydrogen-bond acceptors (Lipinski definition) is 4. The van der Waals surface area contributed by atoms with Crippen LogP contribution in [0.5, 0.6) is 0 Å². The van der Waals surface area contributed by atoms with Gasteiger partial charge in [-0.2, -0.15) is 0 Å². The molecule has 3 aromatic carbocycles. The molecule has 0 spiro atoms. The largest absolute Gasteiger partial charge is 0.295 e. The van der Waals surface area contributed by atoms with Crippen molar-refractivity contribution in [3.05, 3.63) is 87.9 Å². The van der Waals surface area contributed by atoms with Crippen LogP contribution in [0.3, 0.4) is 0 Å². The number of carbonyl (C=O) groups excluding carboxylic acids is 1. The van der Waals surface area contributed by atoms with Crippen LogP contribution in [0.1, 0.15) is 22.1 Å². The van der Waals surface area contributed by atoms with Crippen molar-refractivity contribution in [1.82, 2.24) is 0 Å². The minimum atomic E-state index is -3.67. The summed E-state index contributed by atoms with van der Waals surface area (Å²) >= 11 is 4.87. The monoisotopic (exact) mass is 516 g/mol. The standard InChI is InChI=1S/C23H21BrN2O3S2/c1-15-3-10-20(13-16(15)2)26-22(27)14-30-23(26)17-4-8-19(9-5-17)25-31(28,29)21-11-6-18(24)7-12-21/h3-13,23,25H,14H2,1-2H3/t23-/m0/s1. The molecule has 4 rings (SSSR count). The van der Waals surface area contributed by atoms with Gasteiger partial charge < -0.3 is 0 Å². The number of halogens is 1. The number of thioether (sulfide) groups is 1. The molecule has 31 heavy (non-hydrogen) atoms. The lowest BCUT2D eigenvalue weighted by Gasteiger charge is -2.25. The van der Waals surface area contributed by atoms with E-state index in [1.807, 2.05) is 49.1 Å². The van der Waals surface area contributed by atoms with Gasteiger partial charge in [0.05, 0.1) is 10.6 Å². The van der Waals surface area contributed by atoms with Crippen LogP contribution in [0.2, 0.25) is 0 Å². The predicted molar refractivity (Wildman–Crippen MR) is 130 cm³/mol. The van der Waals surface area contributed by atoms with Crippen LogP contribution >= 0.6 is 27.7 Å². The topological polar surface area (TPSA) is 66.5 Å². The number of nitrogens with one attached hydrogen (secondary N) is 1. The van der Waals surface area contributed by atoms with Crippen molar-refractivity contribution in [3.63, 3.8) is 0 Å². The average molecular weight is 517 g/mol. The first-order valence-corrected chi connectivity index (χ1v) is 13.0. The van der Waals surface area contributed by atoms with E-state index in [0.29, 0.717) is 11.4 Å². The highest BCUT2D eigenvalue weighted by Crippen LogP contribution is 2.42. The molecular weight excluding hydrogens is 496 g/mol. The maximum absolute atomic E-state index is 12.6. The van der Waals surface area contributed by atoms with Crippen LogP contribution in [0, 0.1) is 13.8 Å². The van der Waals surface area contributed by atoms with E-state index in [-0.39, 0.29) is 16.2 Å². The van der Waals surface area contributed by atoms with Gasteiger partial charge in [-0.05, 0) is 79.1 Å². The molecule has 1 aliphatic heterocycles. The summed E-state index contributed by atoms with van der Waals surface area (Å²) in [4.78, 5) is 14.6. The lowest BCUT2D eigenvalue weighted by atomic mass is 10.1. The molecular formula is C23H21BrN2O3S2. The third-order valence-electron chi connectivity index (χ3n) is 5.21. The van der Waals surface area contributed by atoms with E-state index >= 15 is 0 Å². The zero-order valence-corrected chi connectivity index (χ0v) is 20.2. The Bertz CT molecular complexity index is 1230. The smallest absolute Gasteiger partial charge is 0.261 e. The van der Waals surface area contributed by atoms with E-state index in [2.05, 4.69) is 20.7 Å². The van der Waals surface area contributed by atoms with Crippen LogP contribution < -0.4 is 9.62 Å². The molecule has 0 bridgehead atoms. The maximum Gasteiger partial charge on any atom is 0.261 e. The number of hydrogen-bond donors (Lipinski definition) is 1. The molecule has 1 heterocycles. The van der Waals surface area contributed by atoms with Gasteiger partial charge >= 0.3 is 0 Å². The summed E-state index contributed by atoms with van der Waals surface area (Å²) in [6, 6.07) is 19.7. The predicted octanol–water partition coefficient (Wildman–Crippen LogP) is 5.65. The molecule has 1 aliphatic rings. The lowest BCUT2D eigenvalue weighted by Crippen LogP contribution is -2.27. The SMILES string of the molecule is Cc1ccc(N2C(=O)CS[C@H]2c2ccc(NS(=O)(=O)c3ccc(Br)cc3)cc2)cc1C. The Kier molecular flexibility index (Phi) is 6.14. The van der Waals surface area contributed by atoms with E-state index < -0.39 is 10.0 Å². The minimum absolute atomic E-state index is 0.0678. The third-order valence-corrected chi connectivity index (χ3v) is 8.35. The Morgan fingerprint density at radius 1 is 0.968 bits per heavy atom. The molecule has 0 radical (unpaired) electrons. The summed E-state index contributed by atoms with van der Waals surface area (Å²) in [6.07, 6.45) is 0. The van der Waals surface area contributed by atoms with Crippen molar-refractivity contribution >= 4 is 55.0 Å². The fourth-order valence-electron chi connectivity index (χ4n) is 3.37. The molecule has 0 saturated carbocycles. The Hall–Kier alpha value is -2.29. The summed E-state index contributed by atoms with van der Waals surface area (Å²) in [5.41, 5.74) is 4.61. The van der Waals surface area contributed by atoms with Gasteiger partial charge in [0, 0.05) is 15.8 Å². The number of sulfonamides is 1. The van der Waals surface area contributed by atoms with Crippen molar-refractivity contribution in [2.24, 2.45) is 0 Å². The van der Waals surface area contributed by atoms with E-state index in [4.69, 9.17) is 0 Å². The Balaban J connectivity index is 1.56. The number of anilines is 2. The quantitative estimate of drug-likeness (QED) is 0.476. The molecule has 160 valence electrons. The Morgan fingerprint density at radius 2 is 1.65 bits per heavy atom. The van der Waals surface area contributed by atoms with E-state index in [0.717, 1.165) is 21.3 Å². The highest BCUT2D eigenvalue weighted by molar-refractivity contribution is 9.10. The van der Waals surface area contributed by atoms with Crippen LogP contribution in [-0.2, 0) is 14.8 Å². The summed E-state index contributed by atoms with van der Waals surface area (Å²) < 4.78 is 28.6. The summed E-state index contributed by atoms with van der Waals surface area (Å²) in [7, 11) is -3.67. The highest BCUT2D eigenvalue weighted by atomic mass is 79.9. The number of benzene rings is 3. The highest BCUT2D eigenvalue weighted by Gasteiger charge is 2.34. The molecule has 0 aliphatic carbocycles. The van der Waals surface area contributed by atoms with Crippen LogP contribution in [0.25, 0.3) is 0 Å². The molecule has 8 heteroatoms. The van der Waals surface area contributed by atoms with Crippen molar-refractivity contribution < 1.29 is 13.2 Å². The van der Waals surface area contributed by atoms with Gasteiger partial charge in [0.25, 0.3) is 10.0 Å². The molecule has 1 fully saturated rings. The maximum atomic E-state index is 12.6. The molecule has 1 atom stereocenters. The van der Waals surface area contributed by atoms with E-state index in [1.165, 1.54) is 5.56 Å². The molecule has 0 unspecified atom stereocenters. The summed E-state index contributed by atoms with van der Waals surface area (Å²) in [5.74, 6) is 0.480. The van der Waals surface area contributed by atoms with Gasteiger partial charge in [-0.25, -0.2) is 8.42 Å². The zero-order valence-electron chi connectivity index (χ0n) is 17.0. The third kappa shape index (κ3) is 4.66. The molecule has 1 N–H and O–H groups in total. The minimum Gasteiger partial charge on any atom is -0.295 e. The zero-order chi connectivity index (χ0) is 22.2. The first kappa shape index (κ1) is 21.9. The van der Waals surface area contributed by atoms with E-state index in [9.17, 15) is 13.2 Å². The number of aryl methyl sites for hydroxylation is 2. The molecule has 5 nitrogen and oxygen atoms in total. The summed E-state index contributed by atoms with van der Waals surface area (Å²) in [5, 5.41) is -0.147. The van der Waals surface area contributed by atoms with Gasteiger partial charge in [0.1, 0.15) is 5.37 Å². The van der Waals surface area contributed by atoms with Crippen molar-refractivity contribution in [2.45, 2.75) is 24.1 Å². The Morgan fingerprint density at radius 3 is 2.29 bits per heavy atom. The second kappa shape index (κ2) is 8.68. The number of nitrogens with zero attached hydrogens (tertiary/aromatic N) is 1. The normalized spacial score (nSPS) is 16.5. The fourth-order valence-corrected chi connectivity index (χ4v) is 5.87. The second-order valence-corrected chi connectivity index (χ2v) is 11.0. The van der Waals surface area contributed by atoms with Crippen molar-refractivity contribution in [3.8, 4) is 0 Å². The second-order valence-electron chi connectivity index (χ2n) is 7.38. The molecule has 0 aromatic heterocycles. The molecule has 1 amide bonds. The van der Waals surface area contributed by atoms with Crippen LogP contribution in [0.15, 0.2) is 76.1 Å². The first-order chi connectivity index (χ1) is 14.7. The van der Waals surface area contributed by atoms with Gasteiger partial charge in [-0.1, -0.05) is 34.1 Å². The number of carbonyl (C=O) groups is 1. The fraction of sp³-hybridized carbons (Fsp3) is 0.174. The molecule has 3 aromatic rings.